The lowest BCUT2D eigenvalue weighted by molar-refractivity contribution is -0.0326. The molecule has 0 amide bonds. The molecule has 2 saturated heterocycles. The minimum absolute atomic E-state index is 0.491. The number of morpholine rings is 1. The second-order valence-electron chi connectivity index (χ2n) is 6.05. The van der Waals surface area contributed by atoms with Crippen molar-refractivity contribution in [2.75, 3.05) is 39.4 Å². The van der Waals surface area contributed by atoms with Crippen molar-refractivity contribution < 1.29 is 4.74 Å². The van der Waals surface area contributed by atoms with Gasteiger partial charge in [-0.1, -0.05) is 20.8 Å². The third-order valence-corrected chi connectivity index (χ3v) is 4.84. The van der Waals surface area contributed by atoms with Crippen LogP contribution in [0, 0.1) is 11.3 Å². The van der Waals surface area contributed by atoms with Gasteiger partial charge in [-0.05, 0) is 30.7 Å². The molecule has 100 valence electrons. The van der Waals surface area contributed by atoms with Crippen LogP contribution in [0.1, 0.15) is 33.6 Å². The number of nitrogens with one attached hydrogen (secondary N) is 1. The lowest BCUT2D eigenvalue weighted by Gasteiger charge is -2.43. The monoisotopic (exact) mass is 240 g/mol. The molecular formula is C14H28N2O. The maximum absolute atomic E-state index is 5.60. The zero-order chi connectivity index (χ0) is 12.3. The smallest absolute Gasteiger partial charge is 0.0622 e. The Hall–Kier alpha value is -0.120. The first-order valence-corrected chi connectivity index (χ1v) is 7.20. The van der Waals surface area contributed by atoms with Gasteiger partial charge in [-0.3, -0.25) is 4.90 Å². The molecule has 0 bridgehead atoms. The summed E-state index contributed by atoms with van der Waals surface area (Å²) in [6.07, 6.45) is 2.54. The largest absolute Gasteiger partial charge is 0.378 e. The lowest BCUT2D eigenvalue weighted by atomic mass is 9.75. The van der Waals surface area contributed by atoms with Gasteiger partial charge in [-0.25, -0.2) is 0 Å². The van der Waals surface area contributed by atoms with Crippen LogP contribution in [0.2, 0.25) is 0 Å². The van der Waals surface area contributed by atoms with Crippen LogP contribution in [0.5, 0.6) is 0 Å². The molecule has 17 heavy (non-hydrogen) atoms. The highest BCUT2D eigenvalue weighted by molar-refractivity contribution is 4.94. The molecule has 0 spiro atoms. The summed E-state index contributed by atoms with van der Waals surface area (Å²) in [6.45, 7) is 13.6. The van der Waals surface area contributed by atoms with Crippen LogP contribution in [0.25, 0.3) is 0 Å². The van der Waals surface area contributed by atoms with E-state index in [2.05, 4.69) is 31.0 Å². The molecule has 2 heterocycles. The number of rotatable bonds is 4. The summed E-state index contributed by atoms with van der Waals surface area (Å²) in [7, 11) is 0. The van der Waals surface area contributed by atoms with Crippen molar-refractivity contribution >= 4 is 0 Å². The molecule has 2 aliphatic heterocycles. The van der Waals surface area contributed by atoms with Crippen molar-refractivity contribution in [3.8, 4) is 0 Å². The maximum Gasteiger partial charge on any atom is 0.0622 e. The van der Waals surface area contributed by atoms with Gasteiger partial charge < -0.3 is 10.1 Å². The van der Waals surface area contributed by atoms with Crippen LogP contribution in [0.4, 0.5) is 0 Å². The van der Waals surface area contributed by atoms with Gasteiger partial charge in [0, 0.05) is 25.7 Å². The second-order valence-corrected chi connectivity index (χ2v) is 6.05. The Morgan fingerprint density at radius 2 is 2.29 bits per heavy atom. The van der Waals surface area contributed by atoms with Gasteiger partial charge in [-0.15, -0.1) is 0 Å². The van der Waals surface area contributed by atoms with Crippen LogP contribution in [0.3, 0.4) is 0 Å². The molecule has 0 radical (unpaired) electrons. The van der Waals surface area contributed by atoms with E-state index in [4.69, 9.17) is 4.74 Å². The van der Waals surface area contributed by atoms with E-state index in [-0.39, 0.29) is 0 Å². The Bertz CT molecular complexity index is 236. The SMILES string of the molecule is CCC1COCCN1CC1(C(C)C)CCNC1. The lowest BCUT2D eigenvalue weighted by Crippen LogP contribution is -2.51. The molecule has 2 aliphatic rings. The molecule has 0 saturated carbocycles. The van der Waals surface area contributed by atoms with Gasteiger partial charge in [-0.2, -0.15) is 0 Å². The molecule has 0 aromatic carbocycles. The molecular weight excluding hydrogens is 212 g/mol. The normalized spacial score (nSPS) is 35.6. The average Bonchev–Trinajstić information content (AvgIpc) is 2.80. The number of nitrogens with zero attached hydrogens (tertiary/aromatic N) is 1. The zero-order valence-electron chi connectivity index (χ0n) is 11.7. The molecule has 2 fully saturated rings. The zero-order valence-corrected chi connectivity index (χ0v) is 11.7. The van der Waals surface area contributed by atoms with Crippen molar-refractivity contribution in [3.05, 3.63) is 0 Å². The first kappa shape index (κ1) is 13.3. The fourth-order valence-electron chi connectivity index (χ4n) is 3.25. The van der Waals surface area contributed by atoms with Crippen LogP contribution in [-0.4, -0.2) is 50.3 Å². The predicted octanol–water partition coefficient (Wildman–Crippen LogP) is 1.73. The van der Waals surface area contributed by atoms with E-state index in [1.54, 1.807) is 0 Å². The van der Waals surface area contributed by atoms with E-state index in [9.17, 15) is 0 Å². The minimum atomic E-state index is 0.491. The number of hydrogen-bond acceptors (Lipinski definition) is 3. The first-order chi connectivity index (χ1) is 8.18. The molecule has 1 N–H and O–H groups in total. The van der Waals surface area contributed by atoms with Gasteiger partial charge >= 0.3 is 0 Å². The highest BCUT2D eigenvalue weighted by Crippen LogP contribution is 2.36. The Morgan fingerprint density at radius 1 is 1.47 bits per heavy atom. The van der Waals surface area contributed by atoms with Gasteiger partial charge in [0.2, 0.25) is 0 Å². The van der Waals surface area contributed by atoms with Crippen LogP contribution in [0.15, 0.2) is 0 Å². The Kier molecular flexibility index (Phi) is 4.45. The van der Waals surface area contributed by atoms with E-state index in [0.717, 1.165) is 25.7 Å². The highest BCUT2D eigenvalue weighted by atomic mass is 16.5. The summed E-state index contributed by atoms with van der Waals surface area (Å²) in [5, 5.41) is 3.56. The van der Waals surface area contributed by atoms with Crippen molar-refractivity contribution in [2.24, 2.45) is 11.3 Å². The summed E-state index contributed by atoms with van der Waals surface area (Å²) in [5.41, 5.74) is 0.491. The van der Waals surface area contributed by atoms with Gasteiger partial charge in [0.25, 0.3) is 0 Å². The summed E-state index contributed by atoms with van der Waals surface area (Å²) >= 11 is 0. The number of ether oxygens (including phenoxy) is 1. The average molecular weight is 240 g/mol. The topological polar surface area (TPSA) is 24.5 Å². The fraction of sp³-hybridized carbons (Fsp3) is 1.00. The Balaban J connectivity index is 2.01. The van der Waals surface area contributed by atoms with Crippen molar-refractivity contribution in [1.82, 2.24) is 10.2 Å². The van der Waals surface area contributed by atoms with E-state index < -0.39 is 0 Å². The van der Waals surface area contributed by atoms with Crippen molar-refractivity contribution in [2.45, 2.75) is 39.7 Å². The minimum Gasteiger partial charge on any atom is -0.378 e. The third-order valence-electron chi connectivity index (χ3n) is 4.84. The first-order valence-electron chi connectivity index (χ1n) is 7.20. The van der Waals surface area contributed by atoms with Crippen LogP contribution < -0.4 is 5.32 Å². The van der Waals surface area contributed by atoms with E-state index >= 15 is 0 Å². The van der Waals surface area contributed by atoms with Gasteiger partial charge in [0.05, 0.1) is 13.2 Å². The molecule has 2 unspecified atom stereocenters. The highest BCUT2D eigenvalue weighted by Gasteiger charge is 2.39. The molecule has 3 heteroatoms. The van der Waals surface area contributed by atoms with Crippen LogP contribution in [-0.2, 0) is 4.74 Å². The standard InChI is InChI=1S/C14H28N2O/c1-4-13-9-17-8-7-16(13)11-14(12(2)3)5-6-15-10-14/h12-13,15H,4-11H2,1-3H3. The van der Waals surface area contributed by atoms with Gasteiger partial charge in [0.15, 0.2) is 0 Å². The van der Waals surface area contributed by atoms with Gasteiger partial charge in [0.1, 0.15) is 0 Å². The van der Waals surface area contributed by atoms with E-state index in [1.807, 2.05) is 0 Å². The van der Waals surface area contributed by atoms with Crippen molar-refractivity contribution in [1.29, 1.82) is 0 Å². The fourth-order valence-corrected chi connectivity index (χ4v) is 3.25. The summed E-state index contributed by atoms with van der Waals surface area (Å²) in [6, 6.07) is 0.639. The predicted molar refractivity (Wildman–Crippen MR) is 71.2 cm³/mol. The Morgan fingerprint density at radius 3 is 2.88 bits per heavy atom. The molecule has 0 aromatic heterocycles. The summed E-state index contributed by atoms with van der Waals surface area (Å²) < 4.78 is 5.60. The summed E-state index contributed by atoms with van der Waals surface area (Å²) in [5.74, 6) is 0.762. The van der Waals surface area contributed by atoms with Crippen molar-refractivity contribution in [3.63, 3.8) is 0 Å². The molecule has 2 atom stereocenters. The molecule has 3 nitrogen and oxygen atoms in total. The third kappa shape index (κ3) is 2.83. The molecule has 2 rings (SSSR count). The molecule has 0 aliphatic carbocycles. The molecule has 0 aromatic rings. The second kappa shape index (κ2) is 5.68. The van der Waals surface area contributed by atoms with E-state index in [1.165, 1.54) is 32.5 Å². The quantitative estimate of drug-likeness (QED) is 0.810. The van der Waals surface area contributed by atoms with Crippen LogP contribution >= 0.6 is 0 Å². The Labute approximate surface area is 106 Å². The number of hydrogen-bond donors (Lipinski definition) is 1. The summed E-state index contributed by atoms with van der Waals surface area (Å²) in [4.78, 5) is 2.68. The van der Waals surface area contributed by atoms with E-state index in [0.29, 0.717) is 11.5 Å². The maximum atomic E-state index is 5.60.